The Morgan fingerprint density at radius 1 is 1.00 bits per heavy atom. The smallest absolute Gasteiger partial charge is 0.311 e. The highest BCUT2D eigenvalue weighted by Crippen LogP contribution is 2.03. The predicted molar refractivity (Wildman–Crippen MR) is 78.7 cm³/mol. The molecule has 0 aliphatic rings. The first-order valence-corrected chi connectivity index (χ1v) is 7.02. The summed E-state index contributed by atoms with van der Waals surface area (Å²) in [6.45, 7) is 5.60. The van der Waals surface area contributed by atoms with E-state index in [2.05, 4.69) is 13.5 Å². The summed E-state index contributed by atoms with van der Waals surface area (Å²) < 4.78 is 9.56. The summed E-state index contributed by atoms with van der Waals surface area (Å²) in [6, 6.07) is 0. The fourth-order valence-corrected chi connectivity index (χ4v) is 1.37. The topological polar surface area (TPSA) is 52.6 Å². The fourth-order valence-electron chi connectivity index (χ4n) is 1.37. The average Bonchev–Trinajstić information content (AvgIpc) is 2.44. The quantitative estimate of drug-likeness (QED) is 0.248. The molecule has 0 aromatic carbocycles. The van der Waals surface area contributed by atoms with Crippen LogP contribution in [0.1, 0.15) is 51.9 Å². The number of carbonyl (C=O) groups is 2. The zero-order chi connectivity index (χ0) is 15.1. The van der Waals surface area contributed by atoms with Gasteiger partial charge in [0, 0.05) is 0 Å². The molecular weight excluding hydrogens is 256 g/mol. The second-order valence-electron chi connectivity index (χ2n) is 4.27. The molecule has 0 amide bonds. The Hall–Kier alpha value is -1.84. The molecule has 0 rings (SSSR count). The zero-order valence-electron chi connectivity index (χ0n) is 12.2. The third-order valence-corrected chi connectivity index (χ3v) is 2.47. The van der Waals surface area contributed by atoms with Gasteiger partial charge in [0.25, 0.3) is 0 Å². The van der Waals surface area contributed by atoms with Gasteiger partial charge in [-0.2, -0.15) is 0 Å². The van der Waals surface area contributed by atoms with Crippen LogP contribution in [-0.2, 0) is 19.1 Å². The Labute approximate surface area is 121 Å². The summed E-state index contributed by atoms with van der Waals surface area (Å²) in [5.74, 6) is -0.900. The van der Waals surface area contributed by atoms with E-state index in [1.807, 2.05) is 6.08 Å². The third-order valence-electron chi connectivity index (χ3n) is 2.47. The molecule has 0 aromatic rings. The van der Waals surface area contributed by atoms with Crippen LogP contribution in [0.25, 0.3) is 0 Å². The Bertz CT molecular complexity index is 342. The van der Waals surface area contributed by atoms with Gasteiger partial charge in [0.05, 0.1) is 25.4 Å². The van der Waals surface area contributed by atoms with Crippen LogP contribution < -0.4 is 0 Å². The molecule has 20 heavy (non-hydrogen) atoms. The molecule has 0 fully saturated rings. The van der Waals surface area contributed by atoms with Crippen molar-refractivity contribution < 1.29 is 19.1 Å². The predicted octanol–water partition coefficient (Wildman–Crippen LogP) is 4.04. The van der Waals surface area contributed by atoms with Gasteiger partial charge in [0.1, 0.15) is 0 Å². The van der Waals surface area contributed by atoms with Gasteiger partial charge < -0.3 is 9.47 Å². The molecular formula is C16H24O4. The van der Waals surface area contributed by atoms with E-state index >= 15 is 0 Å². The molecule has 4 nitrogen and oxygen atoms in total. The number of esters is 2. The summed E-state index contributed by atoms with van der Waals surface area (Å²) in [7, 11) is 0. The maximum absolute atomic E-state index is 11.3. The maximum Gasteiger partial charge on any atom is 0.311 e. The van der Waals surface area contributed by atoms with Gasteiger partial charge in [-0.15, -0.1) is 0 Å². The monoisotopic (exact) mass is 280 g/mol. The van der Waals surface area contributed by atoms with Crippen LogP contribution in [0, 0.1) is 0 Å². The molecule has 0 aliphatic heterocycles. The van der Waals surface area contributed by atoms with Crippen molar-refractivity contribution in [2.24, 2.45) is 0 Å². The summed E-state index contributed by atoms with van der Waals surface area (Å²) in [6.07, 6.45) is 13.1. The number of ether oxygens (including phenoxy) is 2. The van der Waals surface area contributed by atoms with Crippen molar-refractivity contribution in [3.05, 3.63) is 37.3 Å². The van der Waals surface area contributed by atoms with Gasteiger partial charge in [0.15, 0.2) is 0 Å². The van der Waals surface area contributed by atoms with Crippen molar-refractivity contribution in [1.29, 1.82) is 0 Å². The van der Waals surface area contributed by atoms with Crippen molar-refractivity contribution >= 4 is 11.9 Å². The van der Waals surface area contributed by atoms with Crippen molar-refractivity contribution in [3.63, 3.8) is 0 Å². The molecule has 0 unspecified atom stereocenters. The summed E-state index contributed by atoms with van der Waals surface area (Å²) in [5, 5.41) is 0. The van der Waals surface area contributed by atoms with E-state index in [-0.39, 0.29) is 12.8 Å². The lowest BCUT2D eigenvalue weighted by molar-refractivity contribution is -0.144. The van der Waals surface area contributed by atoms with E-state index < -0.39 is 11.9 Å². The van der Waals surface area contributed by atoms with Crippen LogP contribution in [0.5, 0.6) is 0 Å². The first kappa shape index (κ1) is 18.2. The van der Waals surface area contributed by atoms with Crippen LogP contribution in [0.4, 0.5) is 0 Å². The first-order chi connectivity index (χ1) is 9.70. The minimum Gasteiger partial charge on any atom is -0.435 e. The molecule has 112 valence electrons. The second kappa shape index (κ2) is 13.6. The molecule has 0 radical (unpaired) electrons. The molecule has 0 spiro atoms. The number of hydrogen-bond acceptors (Lipinski definition) is 4. The molecule has 0 aromatic heterocycles. The lowest BCUT2D eigenvalue weighted by atomic mass is 10.1. The van der Waals surface area contributed by atoms with E-state index in [9.17, 15) is 9.59 Å². The normalized spacial score (nSPS) is 10.8. The number of unbranched alkanes of at least 4 members (excludes halogenated alkanes) is 4. The number of carbonyl (C=O) groups excluding carboxylic acids is 2. The minimum absolute atomic E-state index is 0.00462. The first-order valence-electron chi connectivity index (χ1n) is 7.02. The summed E-state index contributed by atoms with van der Waals surface area (Å²) >= 11 is 0. The van der Waals surface area contributed by atoms with Crippen LogP contribution in [-0.4, -0.2) is 11.9 Å². The van der Waals surface area contributed by atoms with Crippen LogP contribution in [0.2, 0.25) is 0 Å². The lowest BCUT2D eigenvalue weighted by Crippen LogP contribution is -2.06. The number of allylic oxidation sites excluding steroid dienone is 3. The highest BCUT2D eigenvalue weighted by atomic mass is 16.5. The van der Waals surface area contributed by atoms with Crippen molar-refractivity contribution in [1.82, 2.24) is 0 Å². The third kappa shape index (κ3) is 12.6. The van der Waals surface area contributed by atoms with Gasteiger partial charge >= 0.3 is 11.9 Å². The minimum atomic E-state index is -0.469. The van der Waals surface area contributed by atoms with Crippen molar-refractivity contribution in [2.75, 3.05) is 0 Å². The SMILES string of the molecule is C=CC=COC(=O)CCC(=O)OC=CCCCCCC. The van der Waals surface area contributed by atoms with Crippen LogP contribution in [0.15, 0.2) is 37.3 Å². The average molecular weight is 280 g/mol. The molecule has 0 heterocycles. The van der Waals surface area contributed by atoms with E-state index in [4.69, 9.17) is 9.47 Å². The van der Waals surface area contributed by atoms with Gasteiger partial charge in [-0.05, 0) is 25.0 Å². The number of hydrogen-bond donors (Lipinski definition) is 0. The molecule has 0 saturated carbocycles. The Balaban J connectivity index is 3.57. The Morgan fingerprint density at radius 2 is 1.65 bits per heavy atom. The molecule has 4 heteroatoms. The highest BCUT2D eigenvalue weighted by Gasteiger charge is 2.07. The van der Waals surface area contributed by atoms with E-state index in [1.54, 1.807) is 0 Å². The van der Waals surface area contributed by atoms with Crippen LogP contribution in [0.3, 0.4) is 0 Å². The Kier molecular flexibility index (Phi) is 12.3. The van der Waals surface area contributed by atoms with Gasteiger partial charge in [-0.3, -0.25) is 9.59 Å². The molecule has 0 aliphatic carbocycles. The maximum atomic E-state index is 11.3. The van der Waals surface area contributed by atoms with E-state index in [0.717, 1.165) is 12.8 Å². The summed E-state index contributed by atoms with van der Waals surface area (Å²) in [5.41, 5.74) is 0. The second-order valence-corrected chi connectivity index (χ2v) is 4.27. The van der Waals surface area contributed by atoms with Crippen molar-refractivity contribution in [3.8, 4) is 0 Å². The standard InChI is InChI=1S/C16H24O4/c1-3-5-7-8-9-10-14-20-16(18)12-11-15(17)19-13-6-4-2/h4,6,10,13-14H,2-3,5,7-9,11-12H2,1H3. The highest BCUT2D eigenvalue weighted by molar-refractivity contribution is 5.78. The van der Waals surface area contributed by atoms with E-state index in [0.29, 0.717) is 0 Å². The summed E-state index contributed by atoms with van der Waals surface area (Å²) in [4.78, 5) is 22.5. The lowest BCUT2D eigenvalue weighted by Gasteiger charge is -1.99. The fraction of sp³-hybridized carbons (Fsp3) is 0.500. The van der Waals surface area contributed by atoms with Gasteiger partial charge in [0.2, 0.25) is 0 Å². The molecule has 0 bridgehead atoms. The van der Waals surface area contributed by atoms with Gasteiger partial charge in [-0.25, -0.2) is 0 Å². The molecule has 0 N–H and O–H groups in total. The zero-order valence-corrected chi connectivity index (χ0v) is 12.2. The van der Waals surface area contributed by atoms with Crippen molar-refractivity contribution in [2.45, 2.75) is 51.9 Å². The molecule has 0 atom stereocenters. The Morgan fingerprint density at radius 3 is 2.25 bits per heavy atom. The largest absolute Gasteiger partial charge is 0.435 e. The molecule has 0 saturated heterocycles. The van der Waals surface area contributed by atoms with Crippen LogP contribution >= 0.6 is 0 Å². The van der Waals surface area contributed by atoms with E-state index in [1.165, 1.54) is 43.9 Å². The number of rotatable bonds is 11. The van der Waals surface area contributed by atoms with Gasteiger partial charge in [-0.1, -0.05) is 38.8 Å².